The summed E-state index contributed by atoms with van der Waals surface area (Å²) in [6, 6.07) is 8.42. The zero-order valence-electron chi connectivity index (χ0n) is 12.7. The molecule has 0 saturated heterocycles. The average Bonchev–Trinajstić information content (AvgIpc) is 2.53. The van der Waals surface area contributed by atoms with Crippen molar-refractivity contribution in [2.24, 2.45) is 0 Å². The van der Waals surface area contributed by atoms with Gasteiger partial charge in [0.25, 0.3) is 0 Å². The van der Waals surface area contributed by atoms with Gasteiger partial charge in [-0.15, -0.1) is 0 Å². The predicted octanol–water partition coefficient (Wildman–Crippen LogP) is 3.38. The van der Waals surface area contributed by atoms with Crippen molar-refractivity contribution >= 4 is 0 Å². The lowest BCUT2D eigenvalue weighted by atomic mass is 9.94. The van der Waals surface area contributed by atoms with Gasteiger partial charge in [0.1, 0.15) is 5.75 Å². The maximum absolute atomic E-state index is 10.3. The van der Waals surface area contributed by atoms with Crippen LogP contribution in [0.3, 0.4) is 0 Å². The molecule has 1 saturated carbocycles. The summed E-state index contributed by atoms with van der Waals surface area (Å²) in [5.41, 5.74) is 0.975. The molecule has 0 spiro atoms. The van der Waals surface area contributed by atoms with E-state index in [0.717, 1.165) is 24.3 Å². The minimum Gasteiger partial charge on any atom is -0.497 e. The molecule has 1 N–H and O–H groups in total. The van der Waals surface area contributed by atoms with Crippen molar-refractivity contribution in [3.8, 4) is 5.75 Å². The topological polar surface area (TPSA) is 32.7 Å². The number of ether oxygens (including phenoxy) is 1. The van der Waals surface area contributed by atoms with E-state index in [9.17, 15) is 5.11 Å². The first-order valence-electron chi connectivity index (χ1n) is 7.73. The molecule has 0 amide bonds. The van der Waals surface area contributed by atoms with Crippen molar-refractivity contribution in [1.82, 2.24) is 4.90 Å². The molecule has 112 valence electrons. The van der Waals surface area contributed by atoms with E-state index in [1.165, 1.54) is 32.1 Å². The van der Waals surface area contributed by atoms with E-state index < -0.39 is 0 Å². The first-order chi connectivity index (χ1) is 9.70. The van der Waals surface area contributed by atoms with E-state index in [-0.39, 0.29) is 6.10 Å². The average molecular weight is 277 g/mol. The lowest BCUT2D eigenvalue weighted by Gasteiger charge is -2.31. The Kier molecular flexibility index (Phi) is 5.86. The Morgan fingerprint density at radius 1 is 1.20 bits per heavy atom. The summed E-state index contributed by atoms with van der Waals surface area (Å²) in [5.74, 6) is 0.834. The van der Waals surface area contributed by atoms with Crippen LogP contribution in [0.2, 0.25) is 0 Å². The van der Waals surface area contributed by atoms with E-state index in [0.29, 0.717) is 6.04 Å². The van der Waals surface area contributed by atoms with Crippen LogP contribution in [0.5, 0.6) is 5.75 Å². The Balaban J connectivity index is 1.79. The maximum Gasteiger partial charge on any atom is 0.118 e. The van der Waals surface area contributed by atoms with Crippen LogP contribution >= 0.6 is 0 Å². The lowest BCUT2D eigenvalue weighted by Crippen LogP contribution is -2.34. The predicted molar refractivity (Wildman–Crippen MR) is 82.1 cm³/mol. The molecule has 2 rings (SSSR count). The van der Waals surface area contributed by atoms with Crippen LogP contribution in [0.4, 0.5) is 0 Å². The molecule has 3 heteroatoms. The van der Waals surface area contributed by atoms with Gasteiger partial charge in [-0.05, 0) is 44.0 Å². The molecule has 1 atom stereocenters. The Morgan fingerprint density at radius 3 is 2.45 bits per heavy atom. The van der Waals surface area contributed by atoms with Crippen LogP contribution in [0.1, 0.15) is 50.2 Å². The van der Waals surface area contributed by atoms with Gasteiger partial charge in [0.05, 0.1) is 13.2 Å². The van der Waals surface area contributed by atoms with Gasteiger partial charge in [-0.3, -0.25) is 0 Å². The fourth-order valence-electron chi connectivity index (χ4n) is 3.02. The first kappa shape index (κ1) is 15.3. The summed E-state index contributed by atoms with van der Waals surface area (Å²) >= 11 is 0. The highest BCUT2D eigenvalue weighted by Gasteiger charge is 2.18. The molecule has 0 aromatic heterocycles. The summed E-state index contributed by atoms with van der Waals surface area (Å²) in [6.07, 6.45) is 7.14. The Hall–Kier alpha value is -1.06. The van der Waals surface area contributed by atoms with Crippen molar-refractivity contribution in [1.29, 1.82) is 0 Å². The van der Waals surface area contributed by atoms with Gasteiger partial charge in [-0.1, -0.05) is 31.4 Å². The Morgan fingerprint density at radius 2 is 1.85 bits per heavy atom. The maximum atomic E-state index is 10.3. The molecule has 1 aromatic carbocycles. The molecule has 1 aliphatic rings. The summed E-state index contributed by atoms with van der Waals surface area (Å²) in [5, 5.41) is 10.3. The molecule has 20 heavy (non-hydrogen) atoms. The molecule has 3 nitrogen and oxygen atoms in total. The van der Waals surface area contributed by atoms with Crippen LogP contribution in [0.15, 0.2) is 24.3 Å². The van der Waals surface area contributed by atoms with E-state index in [1.807, 2.05) is 24.3 Å². The highest BCUT2D eigenvalue weighted by Crippen LogP contribution is 2.24. The molecule has 1 fully saturated rings. The minimum atomic E-state index is -0.382. The van der Waals surface area contributed by atoms with Crippen molar-refractivity contribution in [3.63, 3.8) is 0 Å². The highest BCUT2D eigenvalue weighted by molar-refractivity contribution is 5.28. The molecule has 0 bridgehead atoms. The van der Waals surface area contributed by atoms with Gasteiger partial charge in [-0.25, -0.2) is 0 Å². The van der Waals surface area contributed by atoms with Gasteiger partial charge < -0.3 is 14.7 Å². The third-order valence-electron chi connectivity index (χ3n) is 4.45. The van der Waals surface area contributed by atoms with Gasteiger partial charge in [0.15, 0.2) is 0 Å². The third kappa shape index (κ3) is 4.22. The number of methoxy groups -OCH3 is 1. The number of aliphatic hydroxyl groups excluding tert-OH is 1. The number of hydrogen-bond donors (Lipinski definition) is 1. The van der Waals surface area contributed by atoms with Gasteiger partial charge >= 0.3 is 0 Å². The lowest BCUT2D eigenvalue weighted by molar-refractivity contribution is 0.125. The summed E-state index contributed by atoms with van der Waals surface area (Å²) in [6.45, 7) is 0.956. The zero-order valence-corrected chi connectivity index (χ0v) is 12.7. The van der Waals surface area contributed by atoms with Crippen LogP contribution in [0.25, 0.3) is 0 Å². The minimum absolute atomic E-state index is 0.382. The van der Waals surface area contributed by atoms with Gasteiger partial charge in [-0.2, -0.15) is 0 Å². The van der Waals surface area contributed by atoms with Crippen LogP contribution < -0.4 is 4.74 Å². The van der Waals surface area contributed by atoms with E-state index >= 15 is 0 Å². The second-order valence-electron chi connectivity index (χ2n) is 5.85. The smallest absolute Gasteiger partial charge is 0.118 e. The highest BCUT2D eigenvalue weighted by atomic mass is 16.5. The summed E-state index contributed by atoms with van der Waals surface area (Å²) in [7, 11) is 3.85. The quantitative estimate of drug-likeness (QED) is 0.865. The number of nitrogens with zero attached hydrogens (tertiary/aromatic N) is 1. The molecule has 0 radical (unpaired) electrons. The largest absolute Gasteiger partial charge is 0.497 e. The van der Waals surface area contributed by atoms with Crippen molar-refractivity contribution in [3.05, 3.63) is 29.8 Å². The Bertz CT molecular complexity index is 384. The standard InChI is InChI=1S/C17H27NO2/c1-18(15-6-4-3-5-7-15)13-12-17(19)14-8-10-16(20-2)11-9-14/h8-11,15,17,19H,3-7,12-13H2,1-2H3. The first-order valence-corrected chi connectivity index (χ1v) is 7.73. The fraction of sp³-hybridized carbons (Fsp3) is 0.647. The second kappa shape index (κ2) is 7.65. The molecular formula is C17H27NO2. The van der Waals surface area contributed by atoms with Crippen molar-refractivity contribution in [2.45, 2.75) is 50.7 Å². The summed E-state index contributed by atoms with van der Waals surface area (Å²) in [4.78, 5) is 2.42. The summed E-state index contributed by atoms with van der Waals surface area (Å²) < 4.78 is 5.14. The normalized spacial score (nSPS) is 18.2. The number of hydrogen-bond acceptors (Lipinski definition) is 3. The zero-order chi connectivity index (χ0) is 14.4. The molecular weight excluding hydrogens is 250 g/mol. The number of benzene rings is 1. The Labute approximate surface area is 122 Å². The second-order valence-corrected chi connectivity index (χ2v) is 5.85. The molecule has 0 heterocycles. The number of rotatable bonds is 6. The molecule has 1 unspecified atom stereocenters. The SMILES string of the molecule is COc1ccc(C(O)CCN(C)C2CCCCC2)cc1. The third-order valence-corrected chi connectivity index (χ3v) is 4.45. The molecule has 1 aliphatic carbocycles. The number of aliphatic hydroxyl groups is 1. The van der Waals surface area contributed by atoms with Crippen molar-refractivity contribution in [2.75, 3.05) is 20.7 Å². The van der Waals surface area contributed by atoms with E-state index in [4.69, 9.17) is 4.74 Å². The van der Waals surface area contributed by atoms with Crippen LogP contribution in [-0.2, 0) is 0 Å². The van der Waals surface area contributed by atoms with Crippen LogP contribution in [0, 0.1) is 0 Å². The molecule has 1 aromatic rings. The van der Waals surface area contributed by atoms with Crippen LogP contribution in [-0.4, -0.2) is 36.8 Å². The van der Waals surface area contributed by atoms with E-state index in [2.05, 4.69) is 11.9 Å². The van der Waals surface area contributed by atoms with Gasteiger partial charge in [0.2, 0.25) is 0 Å². The monoisotopic (exact) mass is 277 g/mol. The van der Waals surface area contributed by atoms with Crippen molar-refractivity contribution < 1.29 is 9.84 Å². The van der Waals surface area contributed by atoms with Gasteiger partial charge in [0, 0.05) is 12.6 Å². The van der Waals surface area contributed by atoms with E-state index in [1.54, 1.807) is 7.11 Å². The molecule has 0 aliphatic heterocycles. The fourth-order valence-corrected chi connectivity index (χ4v) is 3.02.